The fourth-order valence-corrected chi connectivity index (χ4v) is 3.41. The highest BCUT2D eigenvalue weighted by atomic mass is 19.1. The van der Waals surface area contributed by atoms with Gasteiger partial charge in [0.25, 0.3) is 5.91 Å². The van der Waals surface area contributed by atoms with E-state index >= 15 is 0 Å². The number of carbonyl (C=O) groups excluding carboxylic acids is 1. The number of amides is 1. The van der Waals surface area contributed by atoms with Crippen LogP contribution in [0, 0.1) is 5.82 Å². The number of benzene rings is 1. The molecule has 0 saturated carbocycles. The first-order chi connectivity index (χ1) is 11.6. The zero-order valence-electron chi connectivity index (χ0n) is 13.0. The summed E-state index contributed by atoms with van der Waals surface area (Å²) in [6.45, 7) is 0.256. The van der Waals surface area contributed by atoms with Gasteiger partial charge in [-0.25, -0.2) is 4.39 Å². The molecule has 1 aliphatic rings. The topological polar surface area (TPSA) is 45.0 Å². The molecule has 3 heterocycles. The highest BCUT2D eigenvalue weighted by Crippen LogP contribution is 2.33. The van der Waals surface area contributed by atoms with E-state index in [1.807, 2.05) is 34.9 Å². The van der Waals surface area contributed by atoms with E-state index in [9.17, 15) is 14.3 Å². The minimum atomic E-state index is -0.598. The number of carbonyl (C=O) groups is 1. The number of halogens is 1. The van der Waals surface area contributed by atoms with Crippen LogP contribution in [0.1, 0.15) is 28.4 Å². The number of hydrogen-bond acceptors (Lipinski definition) is 2. The van der Waals surface area contributed by atoms with Crippen molar-refractivity contribution in [1.29, 1.82) is 0 Å². The highest BCUT2D eigenvalue weighted by molar-refractivity contribution is 5.96. The predicted octanol–water partition coefficient (Wildman–Crippen LogP) is 3.03. The van der Waals surface area contributed by atoms with Crippen LogP contribution in [-0.2, 0) is 0 Å². The van der Waals surface area contributed by atoms with Crippen LogP contribution in [0.4, 0.5) is 4.39 Å². The second-order valence-corrected chi connectivity index (χ2v) is 6.18. The molecule has 0 spiro atoms. The normalized spacial score (nSPS) is 20.7. The monoisotopic (exact) mass is 324 g/mol. The molecule has 1 saturated heterocycles. The molecule has 0 radical (unpaired) electrons. The molecule has 1 aromatic carbocycles. The Kier molecular flexibility index (Phi) is 3.58. The number of β-amino-alcohol motifs (C(OH)–C–C–N with tert-alkyl or cyclic N) is 1. The molecule has 5 heteroatoms. The standard InChI is InChI=1S/C19H17FN2O2/c20-15-5-3-4-13(8-15)18-10-17(23)12-22(18)19(24)14-9-16-6-1-2-7-21(16)11-14/h1-9,11,17-18,23H,10,12H2/t17-,18-/m1/s1. The molecule has 1 amide bonds. The van der Waals surface area contributed by atoms with Gasteiger partial charge in [-0.05, 0) is 42.3 Å². The molecular weight excluding hydrogens is 307 g/mol. The van der Waals surface area contributed by atoms with Crippen LogP contribution in [0.15, 0.2) is 60.9 Å². The lowest BCUT2D eigenvalue weighted by atomic mass is 10.0. The summed E-state index contributed by atoms with van der Waals surface area (Å²) in [6, 6.07) is 13.5. The molecule has 1 aliphatic heterocycles. The fourth-order valence-electron chi connectivity index (χ4n) is 3.41. The predicted molar refractivity (Wildman–Crippen MR) is 88.2 cm³/mol. The Morgan fingerprint density at radius 3 is 2.83 bits per heavy atom. The second-order valence-electron chi connectivity index (χ2n) is 6.18. The highest BCUT2D eigenvalue weighted by Gasteiger charge is 2.36. The van der Waals surface area contributed by atoms with Crippen molar-refractivity contribution in [2.75, 3.05) is 6.54 Å². The average molecular weight is 324 g/mol. The second kappa shape index (κ2) is 5.76. The third-order valence-electron chi connectivity index (χ3n) is 4.52. The van der Waals surface area contributed by atoms with Gasteiger partial charge in [-0.3, -0.25) is 4.79 Å². The number of aliphatic hydroxyl groups is 1. The molecule has 0 aliphatic carbocycles. The summed E-state index contributed by atoms with van der Waals surface area (Å²) in [5.41, 5.74) is 2.21. The zero-order valence-corrected chi connectivity index (χ0v) is 13.0. The summed E-state index contributed by atoms with van der Waals surface area (Å²) < 4.78 is 15.4. The van der Waals surface area contributed by atoms with E-state index < -0.39 is 6.10 Å². The first-order valence-corrected chi connectivity index (χ1v) is 7.93. The van der Waals surface area contributed by atoms with Crippen molar-refractivity contribution in [2.45, 2.75) is 18.6 Å². The van der Waals surface area contributed by atoms with E-state index in [-0.39, 0.29) is 24.3 Å². The summed E-state index contributed by atoms with van der Waals surface area (Å²) >= 11 is 0. The van der Waals surface area contributed by atoms with E-state index in [4.69, 9.17) is 0 Å². The van der Waals surface area contributed by atoms with E-state index in [2.05, 4.69) is 0 Å². The number of rotatable bonds is 2. The lowest BCUT2D eigenvalue weighted by Crippen LogP contribution is -2.31. The maximum atomic E-state index is 13.5. The smallest absolute Gasteiger partial charge is 0.256 e. The Labute approximate surface area is 138 Å². The molecule has 1 N–H and O–H groups in total. The Hall–Kier alpha value is -2.66. The summed E-state index contributed by atoms with van der Waals surface area (Å²) in [6.07, 6.45) is 3.49. The molecule has 2 aromatic heterocycles. The van der Waals surface area contributed by atoms with Gasteiger partial charge in [-0.2, -0.15) is 0 Å². The first kappa shape index (κ1) is 14.9. The van der Waals surface area contributed by atoms with Gasteiger partial charge in [0, 0.05) is 24.5 Å². The third-order valence-corrected chi connectivity index (χ3v) is 4.52. The van der Waals surface area contributed by atoms with Crippen LogP contribution in [0.3, 0.4) is 0 Å². The molecular formula is C19H17FN2O2. The van der Waals surface area contributed by atoms with Crippen molar-refractivity contribution < 1.29 is 14.3 Å². The van der Waals surface area contributed by atoms with E-state index in [1.165, 1.54) is 12.1 Å². The van der Waals surface area contributed by atoms with Gasteiger partial charge >= 0.3 is 0 Å². The summed E-state index contributed by atoms with van der Waals surface area (Å²) in [4.78, 5) is 14.6. The summed E-state index contributed by atoms with van der Waals surface area (Å²) in [5.74, 6) is -0.486. The van der Waals surface area contributed by atoms with Gasteiger partial charge < -0.3 is 14.4 Å². The van der Waals surface area contributed by atoms with Crippen LogP contribution in [-0.4, -0.2) is 33.0 Å². The molecule has 24 heavy (non-hydrogen) atoms. The molecule has 4 nitrogen and oxygen atoms in total. The van der Waals surface area contributed by atoms with Crippen LogP contribution in [0.2, 0.25) is 0 Å². The van der Waals surface area contributed by atoms with Gasteiger partial charge in [0.1, 0.15) is 5.82 Å². The van der Waals surface area contributed by atoms with Gasteiger partial charge in [0.05, 0.1) is 17.7 Å². The maximum absolute atomic E-state index is 13.5. The summed E-state index contributed by atoms with van der Waals surface area (Å²) in [7, 11) is 0. The lowest BCUT2D eigenvalue weighted by molar-refractivity contribution is 0.0715. The van der Waals surface area contributed by atoms with Crippen LogP contribution < -0.4 is 0 Å². The van der Waals surface area contributed by atoms with E-state index in [0.717, 1.165) is 5.52 Å². The number of aliphatic hydroxyl groups excluding tert-OH is 1. The fraction of sp³-hybridized carbons (Fsp3) is 0.211. The van der Waals surface area contributed by atoms with Crippen LogP contribution in [0.5, 0.6) is 0 Å². The van der Waals surface area contributed by atoms with Crippen molar-refractivity contribution in [1.82, 2.24) is 9.30 Å². The number of aromatic nitrogens is 1. The van der Waals surface area contributed by atoms with Gasteiger partial charge in [0.2, 0.25) is 0 Å². The minimum Gasteiger partial charge on any atom is -0.391 e. The van der Waals surface area contributed by atoms with Gasteiger partial charge in [-0.15, -0.1) is 0 Å². The SMILES string of the molecule is O=C(c1cc2ccccn2c1)N1C[C@H](O)C[C@@H]1c1cccc(F)c1. The first-order valence-electron chi connectivity index (χ1n) is 7.93. The van der Waals surface area contributed by atoms with E-state index in [1.54, 1.807) is 23.2 Å². The Morgan fingerprint density at radius 2 is 2.04 bits per heavy atom. The van der Waals surface area contributed by atoms with E-state index in [0.29, 0.717) is 17.5 Å². The van der Waals surface area contributed by atoms with Crippen molar-refractivity contribution in [3.05, 3.63) is 77.9 Å². The van der Waals surface area contributed by atoms with Gasteiger partial charge in [0.15, 0.2) is 0 Å². The third kappa shape index (κ3) is 2.57. The summed E-state index contributed by atoms with van der Waals surface area (Å²) in [5, 5.41) is 10.0. The van der Waals surface area contributed by atoms with Crippen molar-refractivity contribution in [3.63, 3.8) is 0 Å². The zero-order chi connectivity index (χ0) is 16.7. The Balaban J connectivity index is 1.68. The molecule has 122 valence electrons. The molecule has 0 bridgehead atoms. The molecule has 3 aromatic rings. The van der Waals surface area contributed by atoms with Crippen molar-refractivity contribution in [2.24, 2.45) is 0 Å². The Morgan fingerprint density at radius 1 is 1.17 bits per heavy atom. The molecule has 0 unspecified atom stereocenters. The number of hydrogen-bond donors (Lipinski definition) is 1. The quantitative estimate of drug-likeness (QED) is 0.787. The maximum Gasteiger partial charge on any atom is 0.256 e. The van der Waals surface area contributed by atoms with Crippen LogP contribution in [0.25, 0.3) is 5.52 Å². The van der Waals surface area contributed by atoms with Crippen molar-refractivity contribution >= 4 is 11.4 Å². The minimum absolute atomic E-state index is 0.149. The largest absolute Gasteiger partial charge is 0.391 e. The molecule has 1 fully saturated rings. The number of fused-ring (bicyclic) bond motifs is 1. The van der Waals surface area contributed by atoms with Crippen molar-refractivity contribution in [3.8, 4) is 0 Å². The number of pyridine rings is 1. The molecule has 2 atom stereocenters. The lowest BCUT2D eigenvalue weighted by Gasteiger charge is -2.24. The number of nitrogens with zero attached hydrogens (tertiary/aromatic N) is 2. The molecule has 4 rings (SSSR count). The number of likely N-dealkylation sites (tertiary alicyclic amines) is 1. The van der Waals surface area contributed by atoms with Gasteiger partial charge in [-0.1, -0.05) is 18.2 Å². The Bertz CT molecular complexity index is 872. The van der Waals surface area contributed by atoms with Crippen LogP contribution >= 0.6 is 0 Å². The average Bonchev–Trinajstić information content (AvgIpc) is 3.17.